The highest BCUT2D eigenvalue weighted by Gasteiger charge is 2.09. The number of nitrogens with zero attached hydrogens (tertiary/aromatic N) is 5. The number of halogens is 1. The van der Waals surface area contributed by atoms with E-state index in [9.17, 15) is 10.1 Å². The monoisotopic (exact) mass is 301 g/mol. The van der Waals surface area contributed by atoms with E-state index in [1.807, 2.05) is 0 Å². The molecule has 104 valence electrons. The van der Waals surface area contributed by atoms with Crippen molar-refractivity contribution in [3.63, 3.8) is 0 Å². The minimum atomic E-state index is -0.451. The summed E-state index contributed by atoms with van der Waals surface area (Å²) in [5, 5.41) is 15.4. The molecule has 2 aromatic heterocycles. The number of rotatable bonds is 3. The van der Waals surface area contributed by atoms with Crippen molar-refractivity contribution in [2.75, 3.05) is 0 Å². The molecule has 0 saturated heterocycles. The number of benzene rings is 1. The van der Waals surface area contributed by atoms with Gasteiger partial charge in [-0.3, -0.25) is 10.1 Å². The van der Waals surface area contributed by atoms with Crippen LogP contribution in [0.4, 0.5) is 5.69 Å². The molecule has 0 radical (unpaired) electrons. The number of nitro benzene ring substituents is 1. The summed E-state index contributed by atoms with van der Waals surface area (Å²) in [5.41, 5.74) is 0.714. The van der Waals surface area contributed by atoms with Crippen molar-refractivity contribution in [1.29, 1.82) is 0 Å². The fourth-order valence-electron chi connectivity index (χ4n) is 1.74. The van der Waals surface area contributed by atoms with Crippen LogP contribution in [0.2, 0.25) is 5.02 Å². The molecule has 2 heterocycles. The van der Waals surface area contributed by atoms with Crippen LogP contribution >= 0.6 is 11.6 Å². The van der Waals surface area contributed by atoms with Crippen LogP contribution in [0.1, 0.15) is 0 Å². The average molecular weight is 302 g/mol. The van der Waals surface area contributed by atoms with Crippen molar-refractivity contribution in [2.24, 2.45) is 0 Å². The Morgan fingerprint density at radius 1 is 1.10 bits per heavy atom. The predicted molar refractivity (Wildman–Crippen MR) is 76.3 cm³/mol. The molecular weight excluding hydrogens is 294 g/mol. The van der Waals surface area contributed by atoms with Gasteiger partial charge in [0.1, 0.15) is 6.33 Å². The maximum absolute atomic E-state index is 10.6. The van der Waals surface area contributed by atoms with Crippen LogP contribution in [-0.4, -0.2) is 24.7 Å². The van der Waals surface area contributed by atoms with Crippen LogP contribution in [0, 0.1) is 10.1 Å². The number of aromatic nitrogens is 4. The highest BCUT2D eigenvalue weighted by Crippen LogP contribution is 2.19. The first kappa shape index (κ1) is 13.2. The lowest BCUT2D eigenvalue weighted by Crippen LogP contribution is -1.97. The highest BCUT2D eigenvalue weighted by molar-refractivity contribution is 6.30. The summed E-state index contributed by atoms with van der Waals surface area (Å²) in [6.07, 6.45) is 3.04. The summed E-state index contributed by atoms with van der Waals surface area (Å²) in [5.74, 6) is 1.04. The Labute approximate surface area is 124 Å². The molecule has 0 aliphatic heterocycles. The van der Waals surface area contributed by atoms with E-state index in [0.29, 0.717) is 22.2 Å². The number of hydrogen-bond acceptors (Lipinski definition) is 5. The van der Waals surface area contributed by atoms with Crippen molar-refractivity contribution >= 4 is 17.3 Å². The van der Waals surface area contributed by atoms with Gasteiger partial charge in [-0.15, -0.1) is 5.10 Å². The lowest BCUT2D eigenvalue weighted by molar-refractivity contribution is -0.384. The van der Waals surface area contributed by atoms with E-state index in [1.165, 1.54) is 29.3 Å². The van der Waals surface area contributed by atoms with Gasteiger partial charge in [-0.05, 0) is 24.3 Å². The second-order valence-corrected chi connectivity index (χ2v) is 4.59. The van der Waals surface area contributed by atoms with E-state index in [4.69, 9.17) is 11.6 Å². The molecular formula is C13H8ClN5O2. The second kappa shape index (κ2) is 5.29. The molecule has 0 saturated carbocycles. The van der Waals surface area contributed by atoms with Crippen molar-refractivity contribution in [3.05, 3.63) is 64.1 Å². The molecule has 7 nitrogen and oxygen atoms in total. The first-order valence-corrected chi connectivity index (χ1v) is 6.30. The van der Waals surface area contributed by atoms with Crippen LogP contribution in [0.15, 0.2) is 48.9 Å². The minimum absolute atomic E-state index is 0.0255. The van der Waals surface area contributed by atoms with Crippen molar-refractivity contribution in [3.8, 4) is 17.2 Å². The molecule has 1 aromatic carbocycles. The molecule has 0 bridgehead atoms. The van der Waals surface area contributed by atoms with E-state index in [0.717, 1.165) is 0 Å². The van der Waals surface area contributed by atoms with Gasteiger partial charge in [0.2, 0.25) is 0 Å². The minimum Gasteiger partial charge on any atom is -0.258 e. The summed E-state index contributed by atoms with van der Waals surface area (Å²) < 4.78 is 1.51. The van der Waals surface area contributed by atoms with E-state index in [2.05, 4.69) is 15.1 Å². The number of non-ortho nitro benzene ring substituents is 1. The summed E-state index contributed by atoms with van der Waals surface area (Å²) in [4.78, 5) is 18.5. The average Bonchev–Trinajstić information content (AvgIpc) is 2.98. The van der Waals surface area contributed by atoms with E-state index < -0.39 is 4.92 Å². The molecule has 21 heavy (non-hydrogen) atoms. The number of hydrogen-bond donors (Lipinski definition) is 0. The van der Waals surface area contributed by atoms with Gasteiger partial charge in [0.05, 0.1) is 9.95 Å². The number of nitro groups is 1. The molecule has 0 amide bonds. The van der Waals surface area contributed by atoms with Gasteiger partial charge in [-0.1, -0.05) is 11.6 Å². The van der Waals surface area contributed by atoms with Crippen molar-refractivity contribution in [2.45, 2.75) is 0 Å². The van der Waals surface area contributed by atoms with E-state index in [-0.39, 0.29) is 5.69 Å². The molecule has 0 atom stereocenters. The zero-order valence-electron chi connectivity index (χ0n) is 10.5. The summed E-state index contributed by atoms with van der Waals surface area (Å²) in [6, 6.07) is 9.46. The summed E-state index contributed by atoms with van der Waals surface area (Å²) in [6.45, 7) is 0. The van der Waals surface area contributed by atoms with Crippen molar-refractivity contribution < 1.29 is 4.92 Å². The molecule has 0 aliphatic carbocycles. The summed E-state index contributed by atoms with van der Waals surface area (Å²) in [7, 11) is 0. The Morgan fingerprint density at radius 2 is 1.86 bits per heavy atom. The van der Waals surface area contributed by atoms with Gasteiger partial charge >= 0.3 is 0 Å². The van der Waals surface area contributed by atoms with E-state index in [1.54, 1.807) is 24.3 Å². The second-order valence-electron chi connectivity index (χ2n) is 4.15. The van der Waals surface area contributed by atoms with Crippen LogP contribution in [0.3, 0.4) is 0 Å². The third-order valence-electron chi connectivity index (χ3n) is 2.77. The van der Waals surface area contributed by atoms with Gasteiger partial charge in [0.15, 0.2) is 11.6 Å². The zero-order chi connectivity index (χ0) is 14.8. The van der Waals surface area contributed by atoms with Gasteiger partial charge in [-0.2, -0.15) is 0 Å². The highest BCUT2D eigenvalue weighted by atomic mass is 35.5. The quantitative estimate of drug-likeness (QED) is 0.548. The fourth-order valence-corrected chi connectivity index (χ4v) is 1.85. The Hall–Kier alpha value is -2.80. The summed E-state index contributed by atoms with van der Waals surface area (Å²) >= 11 is 5.78. The van der Waals surface area contributed by atoms with Gasteiger partial charge < -0.3 is 0 Å². The lowest BCUT2D eigenvalue weighted by Gasteiger charge is -1.98. The molecule has 0 fully saturated rings. The maximum Gasteiger partial charge on any atom is 0.269 e. The van der Waals surface area contributed by atoms with Crippen LogP contribution in [-0.2, 0) is 0 Å². The Morgan fingerprint density at radius 3 is 2.48 bits per heavy atom. The number of pyridine rings is 1. The zero-order valence-corrected chi connectivity index (χ0v) is 11.3. The lowest BCUT2D eigenvalue weighted by atomic mass is 10.2. The first-order valence-electron chi connectivity index (χ1n) is 5.92. The third kappa shape index (κ3) is 2.72. The maximum atomic E-state index is 10.6. The van der Waals surface area contributed by atoms with E-state index >= 15 is 0 Å². The van der Waals surface area contributed by atoms with Crippen LogP contribution in [0.5, 0.6) is 0 Å². The standard InChI is InChI=1S/C13H8ClN5O2/c14-10-3-6-12(15-7-10)18-8-16-13(17-18)9-1-4-11(5-2-9)19(20)21/h1-8H. The molecule has 0 N–H and O–H groups in total. The molecule has 0 spiro atoms. The first-order chi connectivity index (χ1) is 10.1. The largest absolute Gasteiger partial charge is 0.269 e. The fraction of sp³-hybridized carbons (Fsp3) is 0. The molecule has 3 rings (SSSR count). The molecule has 0 unspecified atom stereocenters. The Kier molecular flexibility index (Phi) is 3.33. The van der Waals surface area contributed by atoms with Crippen molar-refractivity contribution in [1.82, 2.24) is 19.7 Å². The molecule has 8 heteroatoms. The molecule has 3 aromatic rings. The normalized spacial score (nSPS) is 10.5. The van der Waals surface area contributed by atoms with Crippen LogP contribution in [0.25, 0.3) is 17.2 Å². The van der Waals surface area contributed by atoms with Gasteiger partial charge in [0.25, 0.3) is 5.69 Å². The van der Waals surface area contributed by atoms with Crippen LogP contribution < -0.4 is 0 Å². The topological polar surface area (TPSA) is 86.7 Å². The predicted octanol–water partition coefficient (Wildman–Crippen LogP) is 2.89. The molecule has 0 aliphatic rings. The smallest absolute Gasteiger partial charge is 0.258 e. The van der Waals surface area contributed by atoms with Gasteiger partial charge in [0, 0.05) is 23.9 Å². The SMILES string of the molecule is O=[N+]([O-])c1ccc(-c2ncn(-c3ccc(Cl)cn3)n2)cc1. The Bertz CT molecular complexity index is 783. The van der Waals surface area contributed by atoms with Gasteiger partial charge in [-0.25, -0.2) is 14.6 Å². The Balaban J connectivity index is 1.90. The third-order valence-corrected chi connectivity index (χ3v) is 3.00.